The van der Waals surface area contributed by atoms with Crippen LogP contribution in [0.25, 0.3) is 0 Å². The van der Waals surface area contributed by atoms with Crippen molar-refractivity contribution < 1.29 is 14.6 Å². The lowest BCUT2D eigenvalue weighted by molar-refractivity contribution is -0.393. The highest BCUT2D eigenvalue weighted by atomic mass is 16.6. The summed E-state index contributed by atoms with van der Waals surface area (Å²) in [4.78, 5) is 30.2. The number of benzene rings is 1. The Hall–Kier alpha value is -3.03. The van der Waals surface area contributed by atoms with Crippen LogP contribution in [0.2, 0.25) is 0 Å². The first-order valence-electron chi connectivity index (χ1n) is 5.43. The van der Waals surface area contributed by atoms with Crippen molar-refractivity contribution in [3.05, 3.63) is 62.4 Å². The Bertz CT molecular complexity index is 607. The molecule has 1 N–H and O–H groups in total. The Morgan fingerprint density at radius 2 is 1.95 bits per heavy atom. The van der Waals surface area contributed by atoms with Gasteiger partial charge in [0.05, 0.1) is 15.9 Å². The number of nitro benzene ring substituents is 2. The zero-order valence-electron chi connectivity index (χ0n) is 10.5. The van der Waals surface area contributed by atoms with Crippen LogP contribution < -0.4 is 5.32 Å². The lowest BCUT2D eigenvalue weighted by atomic mass is 10.2. The fraction of sp³-hybridized carbons (Fsp3) is 0.0833. The van der Waals surface area contributed by atoms with Gasteiger partial charge < -0.3 is 5.32 Å². The molecule has 0 heterocycles. The van der Waals surface area contributed by atoms with E-state index in [9.17, 15) is 25.0 Å². The second kappa shape index (κ2) is 6.78. The van der Waals surface area contributed by atoms with Crippen molar-refractivity contribution in [1.29, 1.82) is 0 Å². The van der Waals surface area contributed by atoms with Crippen LogP contribution >= 0.6 is 0 Å². The topological polar surface area (TPSA) is 115 Å². The molecule has 0 bridgehead atoms. The van der Waals surface area contributed by atoms with Crippen molar-refractivity contribution in [2.45, 2.75) is 6.92 Å². The van der Waals surface area contributed by atoms with Crippen LogP contribution in [0.1, 0.15) is 6.92 Å². The number of anilines is 1. The highest BCUT2D eigenvalue weighted by Gasteiger charge is 2.18. The van der Waals surface area contributed by atoms with Gasteiger partial charge in [-0.1, -0.05) is 6.08 Å². The molecule has 20 heavy (non-hydrogen) atoms. The van der Waals surface area contributed by atoms with Gasteiger partial charge in [-0.15, -0.1) is 0 Å². The number of nitrogens with zero attached hydrogens (tertiary/aromatic N) is 2. The van der Waals surface area contributed by atoms with Crippen LogP contribution in [-0.2, 0) is 4.79 Å². The van der Waals surface area contributed by atoms with E-state index in [1.807, 2.05) is 0 Å². The zero-order valence-corrected chi connectivity index (χ0v) is 10.5. The minimum Gasteiger partial charge on any atom is -0.356 e. The van der Waals surface area contributed by atoms with Crippen molar-refractivity contribution in [2.75, 3.05) is 5.32 Å². The molecule has 0 spiro atoms. The van der Waals surface area contributed by atoms with Crippen LogP contribution in [0.4, 0.5) is 17.1 Å². The minimum absolute atomic E-state index is 0.124. The maximum atomic E-state index is 10.9. The molecular weight excluding hydrogens is 266 g/mol. The van der Waals surface area contributed by atoms with Crippen molar-refractivity contribution in [1.82, 2.24) is 0 Å². The van der Waals surface area contributed by atoms with Gasteiger partial charge in [-0.05, 0) is 24.6 Å². The minimum atomic E-state index is -0.709. The molecule has 0 fully saturated rings. The molecule has 0 aromatic heterocycles. The molecular formula is C12H11N3O5. The van der Waals surface area contributed by atoms with Gasteiger partial charge in [0.25, 0.3) is 11.4 Å². The highest BCUT2D eigenvalue weighted by molar-refractivity contribution is 5.67. The van der Waals surface area contributed by atoms with E-state index in [1.54, 1.807) is 6.92 Å². The first-order chi connectivity index (χ1) is 9.45. The molecule has 1 aromatic carbocycles. The maximum Gasteiger partial charge on any atom is 0.299 e. The van der Waals surface area contributed by atoms with E-state index < -0.39 is 15.5 Å². The fourth-order valence-electron chi connectivity index (χ4n) is 1.34. The molecule has 0 radical (unpaired) electrons. The van der Waals surface area contributed by atoms with E-state index in [0.717, 1.165) is 6.07 Å². The first kappa shape index (κ1) is 15.0. The third kappa shape index (κ3) is 4.02. The molecule has 0 saturated carbocycles. The average molecular weight is 277 g/mol. The standard InChI is InChI=1S/C12H11N3O5/c1-9(3-2-6-16)8-13-11-5-4-10(14(17)18)7-12(11)15(19)20/h2-8,13H,1H3. The monoisotopic (exact) mass is 277 g/mol. The second-order valence-corrected chi connectivity index (χ2v) is 3.74. The van der Waals surface area contributed by atoms with Gasteiger partial charge in [-0.25, -0.2) is 0 Å². The highest BCUT2D eigenvalue weighted by Crippen LogP contribution is 2.29. The molecule has 8 heteroatoms. The number of rotatable bonds is 6. The largest absolute Gasteiger partial charge is 0.356 e. The van der Waals surface area contributed by atoms with E-state index in [-0.39, 0.29) is 11.4 Å². The average Bonchev–Trinajstić information content (AvgIpc) is 2.42. The Balaban J connectivity index is 3.06. The van der Waals surface area contributed by atoms with E-state index in [0.29, 0.717) is 11.9 Å². The van der Waals surface area contributed by atoms with E-state index >= 15 is 0 Å². The van der Waals surface area contributed by atoms with Gasteiger partial charge >= 0.3 is 0 Å². The summed E-state index contributed by atoms with van der Waals surface area (Å²) >= 11 is 0. The van der Waals surface area contributed by atoms with Crippen LogP contribution in [-0.4, -0.2) is 16.1 Å². The number of allylic oxidation sites excluding steroid dienone is 3. The van der Waals surface area contributed by atoms with Gasteiger partial charge in [-0.2, -0.15) is 0 Å². The molecule has 104 valence electrons. The summed E-state index contributed by atoms with van der Waals surface area (Å²) in [6, 6.07) is 3.30. The first-order valence-corrected chi connectivity index (χ1v) is 5.43. The normalized spacial score (nSPS) is 11.3. The van der Waals surface area contributed by atoms with Crippen LogP contribution in [0.15, 0.2) is 42.1 Å². The maximum absolute atomic E-state index is 10.9. The summed E-state index contributed by atoms with van der Waals surface area (Å²) < 4.78 is 0. The number of aldehydes is 1. The van der Waals surface area contributed by atoms with Crippen molar-refractivity contribution in [3.8, 4) is 0 Å². The smallest absolute Gasteiger partial charge is 0.299 e. The third-order valence-electron chi connectivity index (χ3n) is 2.28. The Morgan fingerprint density at radius 3 is 2.50 bits per heavy atom. The van der Waals surface area contributed by atoms with Crippen LogP contribution in [0, 0.1) is 20.2 Å². The predicted octanol–water partition coefficient (Wildman–Crippen LogP) is 2.57. The molecule has 0 aliphatic rings. The summed E-state index contributed by atoms with van der Waals surface area (Å²) in [6.45, 7) is 1.68. The third-order valence-corrected chi connectivity index (χ3v) is 2.28. The van der Waals surface area contributed by atoms with Gasteiger partial charge in [0, 0.05) is 12.3 Å². The number of hydrogen-bond acceptors (Lipinski definition) is 6. The summed E-state index contributed by atoms with van der Waals surface area (Å²) in [5, 5.41) is 24.1. The lowest BCUT2D eigenvalue weighted by Crippen LogP contribution is -1.98. The number of hydrogen-bond donors (Lipinski definition) is 1. The summed E-state index contributed by atoms with van der Waals surface area (Å²) in [6.07, 6.45) is 4.84. The van der Waals surface area contributed by atoms with Crippen molar-refractivity contribution >= 4 is 23.3 Å². The fourth-order valence-corrected chi connectivity index (χ4v) is 1.34. The van der Waals surface area contributed by atoms with E-state index in [2.05, 4.69) is 5.32 Å². The molecule has 0 atom stereocenters. The number of carbonyl (C=O) groups is 1. The van der Waals surface area contributed by atoms with Crippen molar-refractivity contribution in [3.63, 3.8) is 0 Å². The van der Waals surface area contributed by atoms with Gasteiger partial charge in [0.2, 0.25) is 0 Å². The second-order valence-electron chi connectivity index (χ2n) is 3.74. The number of non-ortho nitro benzene ring substituents is 1. The van der Waals surface area contributed by atoms with Crippen molar-refractivity contribution in [2.24, 2.45) is 0 Å². The molecule has 0 saturated heterocycles. The van der Waals surface area contributed by atoms with Crippen LogP contribution in [0.3, 0.4) is 0 Å². The molecule has 0 aliphatic heterocycles. The summed E-state index contributed by atoms with van der Waals surface area (Å²) in [5.41, 5.74) is 0.0237. The number of nitrogens with one attached hydrogen (secondary N) is 1. The lowest BCUT2D eigenvalue weighted by Gasteiger charge is -2.03. The number of carbonyl (C=O) groups excluding carboxylic acids is 1. The quantitative estimate of drug-likeness (QED) is 0.281. The molecule has 0 unspecified atom stereocenters. The molecule has 8 nitrogen and oxygen atoms in total. The Labute approximate surface area is 113 Å². The summed E-state index contributed by atoms with van der Waals surface area (Å²) in [7, 11) is 0. The van der Waals surface area contributed by atoms with Gasteiger partial charge in [-0.3, -0.25) is 25.0 Å². The summed E-state index contributed by atoms with van der Waals surface area (Å²) in [5.74, 6) is 0. The van der Waals surface area contributed by atoms with E-state index in [1.165, 1.54) is 30.5 Å². The predicted molar refractivity (Wildman–Crippen MR) is 72.3 cm³/mol. The molecule has 1 aromatic rings. The molecule has 1 rings (SSSR count). The Morgan fingerprint density at radius 1 is 1.25 bits per heavy atom. The molecule has 0 amide bonds. The van der Waals surface area contributed by atoms with Crippen LogP contribution in [0.5, 0.6) is 0 Å². The molecule has 0 aliphatic carbocycles. The Kier molecular flexibility index (Phi) is 5.10. The SMILES string of the molecule is CC(C=CC=O)=CNc1ccc([N+](=O)[O-])cc1[N+](=O)[O-]. The van der Waals surface area contributed by atoms with E-state index in [4.69, 9.17) is 0 Å². The zero-order chi connectivity index (χ0) is 15.1. The number of nitro groups is 2. The van der Waals surface area contributed by atoms with Gasteiger partial charge in [0.1, 0.15) is 12.0 Å². The van der Waals surface area contributed by atoms with Gasteiger partial charge in [0.15, 0.2) is 0 Å².